The Kier molecular flexibility index (Phi) is 3.14. The summed E-state index contributed by atoms with van der Waals surface area (Å²) < 4.78 is 0. The minimum Gasteiger partial charge on any atom is -0.505 e. The van der Waals surface area contributed by atoms with Crippen LogP contribution in [0.1, 0.15) is 31.7 Å². The number of rotatable bonds is 3. The highest BCUT2D eigenvalue weighted by atomic mass is 16.3. The van der Waals surface area contributed by atoms with Gasteiger partial charge in [-0.2, -0.15) is 0 Å². The number of phenolic OH excluding ortho intramolecular Hbond substituents is 1. The Bertz CT molecular complexity index is 715. The van der Waals surface area contributed by atoms with Crippen molar-refractivity contribution in [2.75, 3.05) is 0 Å². The van der Waals surface area contributed by atoms with Crippen LogP contribution in [0.3, 0.4) is 0 Å². The third-order valence-electron chi connectivity index (χ3n) is 3.69. The van der Waals surface area contributed by atoms with Crippen LogP contribution in [0.5, 0.6) is 5.75 Å². The maximum atomic E-state index is 10.5. The standard InChI is InChI=1S/C16H17N3O/c1-3-11(2)12-7-6-10-15(16(12)20)19-17-13-8-4-5-9-14(13)18-19/h4-11,20H,3H2,1-2H3. The van der Waals surface area contributed by atoms with Crippen molar-refractivity contribution in [1.29, 1.82) is 0 Å². The molecule has 4 heteroatoms. The van der Waals surface area contributed by atoms with Gasteiger partial charge < -0.3 is 5.11 Å². The minimum absolute atomic E-state index is 0.266. The highest BCUT2D eigenvalue weighted by Crippen LogP contribution is 2.32. The first-order valence-electron chi connectivity index (χ1n) is 6.85. The van der Waals surface area contributed by atoms with E-state index in [1.165, 1.54) is 4.80 Å². The van der Waals surface area contributed by atoms with Crippen LogP contribution in [-0.4, -0.2) is 20.1 Å². The fourth-order valence-corrected chi connectivity index (χ4v) is 2.30. The molecule has 0 spiro atoms. The van der Waals surface area contributed by atoms with Crippen LogP contribution >= 0.6 is 0 Å². The second kappa shape index (κ2) is 4.96. The van der Waals surface area contributed by atoms with Gasteiger partial charge in [0.25, 0.3) is 0 Å². The molecule has 1 N–H and O–H groups in total. The van der Waals surface area contributed by atoms with E-state index in [1.807, 2.05) is 42.5 Å². The van der Waals surface area contributed by atoms with E-state index < -0.39 is 0 Å². The summed E-state index contributed by atoms with van der Waals surface area (Å²) in [6.45, 7) is 4.21. The Hall–Kier alpha value is -2.36. The number of benzene rings is 2. The molecule has 1 atom stereocenters. The zero-order valence-electron chi connectivity index (χ0n) is 11.6. The summed E-state index contributed by atoms with van der Waals surface area (Å²) in [5.74, 6) is 0.571. The van der Waals surface area contributed by atoms with E-state index in [4.69, 9.17) is 0 Å². The maximum Gasteiger partial charge on any atom is 0.146 e. The molecule has 0 saturated heterocycles. The molecule has 2 aromatic carbocycles. The van der Waals surface area contributed by atoms with Crippen LogP contribution in [0.2, 0.25) is 0 Å². The summed E-state index contributed by atoms with van der Waals surface area (Å²) in [6, 6.07) is 13.4. The Morgan fingerprint density at radius 1 is 1.05 bits per heavy atom. The molecule has 0 fully saturated rings. The Labute approximate surface area is 117 Å². The quantitative estimate of drug-likeness (QED) is 0.788. The van der Waals surface area contributed by atoms with Crippen LogP contribution in [0.15, 0.2) is 42.5 Å². The largest absolute Gasteiger partial charge is 0.505 e. The van der Waals surface area contributed by atoms with Crippen molar-refractivity contribution in [1.82, 2.24) is 15.0 Å². The van der Waals surface area contributed by atoms with Gasteiger partial charge in [0.15, 0.2) is 0 Å². The van der Waals surface area contributed by atoms with E-state index in [0.717, 1.165) is 23.0 Å². The highest BCUT2D eigenvalue weighted by molar-refractivity contribution is 5.73. The molecule has 102 valence electrons. The number of aromatic nitrogens is 3. The molecule has 0 aliphatic heterocycles. The predicted molar refractivity (Wildman–Crippen MR) is 79.2 cm³/mol. The smallest absolute Gasteiger partial charge is 0.146 e. The molecule has 4 nitrogen and oxygen atoms in total. The summed E-state index contributed by atoms with van der Waals surface area (Å²) in [6.07, 6.45) is 0.978. The van der Waals surface area contributed by atoms with Gasteiger partial charge >= 0.3 is 0 Å². The van der Waals surface area contributed by atoms with Gasteiger partial charge in [-0.3, -0.25) is 0 Å². The molecule has 0 amide bonds. The molecule has 1 aromatic heterocycles. The topological polar surface area (TPSA) is 50.9 Å². The molecule has 20 heavy (non-hydrogen) atoms. The number of hydrogen-bond donors (Lipinski definition) is 1. The predicted octanol–water partition coefficient (Wildman–Crippen LogP) is 3.64. The second-order valence-corrected chi connectivity index (χ2v) is 5.00. The fraction of sp³-hybridized carbons (Fsp3) is 0.250. The molecule has 3 rings (SSSR count). The van der Waals surface area contributed by atoms with E-state index in [9.17, 15) is 5.11 Å². The van der Waals surface area contributed by atoms with Gasteiger partial charge in [0, 0.05) is 0 Å². The Morgan fingerprint density at radius 3 is 2.30 bits per heavy atom. The lowest BCUT2D eigenvalue weighted by Crippen LogP contribution is -2.02. The zero-order chi connectivity index (χ0) is 14.1. The lowest BCUT2D eigenvalue weighted by Gasteiger charge is -2.13. The molecule has 1 unspecified atom stereocenters. The van der Waals surface area contributed by atoms with E-state index in [-0.39, 0.29) is 5.75 Å². The summed E-state index contributed by atoms with van der Waals surface area (Å²) in [4.78, 5) is 1.51. The SMILES string of the molecule is CCC(C)c1cccc(-n2nc3ccccc3n2)c1O. The molecule has 1 heterocycles. The summed E-state index contributed by atoms with van der Waals surface area (Å²) >= 11 is 0. The highest BCUT2D eigenvalue weighted by Gasteiger charge is 2.15. The third-order valence-corrected chi connectivity index (χ3v) is 3.69. The number of hydrogen-bond acceptors (Lipinski definition) is 3. The van der Waals surface area contributed by atoms with Gasteiger partial charge in [-0.1, -0.05) is 38.1 Å². The molecule has 3 aromatic rings. The van der Waals surface area contributed by atoms with E-state index in [2.05, 4.69) is 24.0 Å². The molecular formula is C16H17N3O. The molecule has 0 aliphatic carbocycles. The number of fused-ring (bicyclic) bond motifs is 1. The monoisotopic (exact) mass is 267 g/mol. The number of para-hydroxylation sites is 1. The normalized spacial score (nSPS) is 12.7. The van der Waals surface area contributed by atoms with Crippen LogP contribution in [0.25, 0.3) is 16.7 Å². The van der Waals surface area contributed by atoms with Gasteiger partial charge in [0.2, 0.25) is 0 Å². The first-order valence-corrected chi connectivity index (χ1v) is 6.85. The zero-order valence-corrected chi connectivity index (χ0v) is 11.6. The van der Waals surface area contributed by atoms with Crippen molar-refractivity contribution in [3.05, 3.63) is 48.0 Å². The van der Waals surface area contributed by atoms with Crippen LogP contribution < -0.4 is 0 Å². The van der Waals surface area contributed by atoms with Crippen molar-refractivity contribution >= 4 is 11.0 Å². The molecule has 0 aliphatic rings. The van der Waals surface area contributed by atoms with Gasteiger partial charge in [-0.05, 0) is 36.1 Å². The van der Waals surface area contributed by atoms with Crippen molar-refractivity contribution in [3.63, 3.8) is 0 Å². The van der Waals surface area contributed by atoms with Gasteiger partial charge in [0.1, 0.15) is 22.5 Å². The molecule has 0 bridgehead atoms. The van der Waals surface area contributed by atoms with Gasteiger partial charge in [-0.25, -0.2) is 0 Å². The van der Waals surface area contributed by atoms with Crippen molar-refractivity contribution in [2.24, 2.45) is 0 Å². The Morgan fingerprint density at radius 2 is 1.70 bits per heavy atom. The fourth-order valence-electron chi connectivity index (χ4n) is 2.30. The summed E-state index contributed by atoms with van der Waals surface area (Å²) in [5, 5.41) is 19.3. The summed E-state index contributed by atoms with van der Waals surface area (Å²) in [7, 11) is 0. The van der Waals surface area contributed by atoms with E-state index >= 15 is 0 Å². The average molecular weight is 267 g/mol. The van der Waals surface area contributed by atoms with Crippen LogP contribution in [-0.2, 0) is 0 Å². The Balaban J connectivity index is 2.14. The lowest BCUT2D eigenvalue weighted by atomic mass is 9.97. The molecular weight excluding hydrogens is 250 g/mol. The number of phenols is 1. The first-order chi connectivity index (χ1) is 9.70. The number of aromatic hydroxyl groups is 1. The second-order valence-electron chi connectivity index (χ2n) is 5.00. The van der Waals surface area contributed by atoms with Gasteiger partial charge in [0.05, 0.1) is 0 Å². The van der Waals surface area contributed by atoms with Crippen LogP contribution in [0, 0.1) is 0 Å². The van der Waals surface area contributed by atoms with Crippen molar-refractivity contribution in [2.45, 2.75) is 26.2 Å². The van der Waals surface area contributed by atoms with Gasteiger partial charge in [-0.15, -0.1) is 15.0 Å². The maximum absolute atomic E-state index is 10.5. The van der Waals surface area contributed by atoms with Crippen LogP contribution in [0.4, 0.5) is 0 Å². The minimum atomic E-state index is 0.266. The average Bonchev–Trinajstić information content (AvgIpc) is 2.90. The third kappa shape index (κ3) is 2.03. The molecule has 0 saturated carbocycles. The first kappa shape index (κ1) is 12.7. The van der Waals surface area contributed by atoms with E-state index in [0.29, 0.717) is 11.6 Å². The van der Waals surface area contributed by atoms with Crippen molar-refractivity contribution in [3.8, 4) is 11.4 Å². The summed E-state index contributed by atoms with van der Waals surface area (Å²) in [5.41, 5.74) is 3.20. The molecule has 0 radical (unpaired) electrons. The lowest BCUT2D eigenvalue weighted by molar-refractivity contribution is 0.455. The van der Waals surface area contributed by atoms with E-state index in [1.54, 1.807) is 0 Å². The van der Waals surface area contributed by atoms with Crippen molar-refractivity contribution < 1.29 is 5.11 Å². The number of nitrogens with zero attached hydrogens (tertiary/aromatic N) is 3.